The van der Waals surface area contributed by atoms with Gasteiger partial charge in [-0.2, -0.15) is 0 Å². The summed E-state index contributed by atoms with van der Waals surface area (Å²) in [4.78, 5) is 23.7. The van der Waals surface area contributed by atoms with Gasteiger partial charge in [0, 0.05) is 6.08 Å². The quantitative estimate of drug-likeness (QED) is 0.303. The fourth-order valence-electron chi connectivity index (χ4n) is 3.11. The van der Waals surface area contributed by atoms with Crippen molar-refractivity contribution >= 4 is 18.0 Å². The van der Waals surface area contributed by atoms with Crippen LogP contribution in [0.2, 0.25) is 0 Å². The van der Waals surface area contributed by atoms with Crippen molar-refractivity contribution in [3.05, 3.63) is 29.8 Å². The zero-order valence-electron chi connectivity index (χ0n) is 19.5. The van der Waals surface area contributed by atoms with Crippen LogP contribution in [0.4, 0.5) is 0 Å². The van der Waals surface area contributed by atoms with Crippen molar-refractivity contribution in [2.24, 2.45) is 16.2 Å². The number of carbonyl (C=O) groups is 2. The van der Waals surface area contributed by atoms with Crippen molar-refractivity contribution in [2.75, 3.05) is 13.9 Å². The first-order chi connectivity index (χ1) is 13.8. The third kappa shape index (κ3) is 6.78. The molecule has 0 saturated heterocycles. The lowest BCUT2D eigenvalue weighted by atomic mass is 9.60. The predicted molar refractivity (Wildman–Crippen MR) is 118 cm³/mol. The Labute approximate surface area is 180 Å². The van der Waals surface area contributed by atoms with Crippen molar-refractivity contribution in [3.63, 3.8) is 0 Å². The summed E-state index contributed by atoms with van der Waals surface area (Å²) in [5.41, 5.74) is -0.303. The third-order valence-electron chi connectivity index (χ3n) is 5.91. The number of aliphatic carboxylic acids is 1. The molecule has 0 bridgehead atoms. The fraction of sp³-hybridized carbons (Fsp3) is 0.583. The number of benzene rings is 1. The zero-order chi connectivity index (χ0) is 23.2. The van der Waals surface area contributed by atoms with E-state index in [1.165, 1.54) is 13.2 Å². The maximum Gasteiger partial charge on any atom is 0.328 e. The molecule has 1 aromatic carbocycles. The molecular weight excluding hydrogens is 384 g/mol. The Morgan fingerprint density at radius 3 is 2.20 bits per heavy atom. The molecule has 1 atom stereocenters. The number of hydrogen-bond acceptors (Lipinski definition) is 5. The number of rotatable bonds is 10. The van der Waals surface area contributed by atoms with Crippen LogP contribution in [0.1, 0.15) is 66.9 Å². The summed E-state index contributed by atoms with van der Waals surface area (Å²) in [6.45, 7) is 14.3. The van der Waals surface area contributed by atoms with E-state index in [1.807, 2.05) is 27.7 Å². The van der Waals surface area contributed by atoms with Gasteiger partial charge in [0.15, 0.2) is 11.5 Å². The molecule has 1 unspecified atom stereocenters. The van der Waals surface area contributed by atoms with Crippen LogP contribution < -0.4 is 9.47 Å². The Morgan fingerprint density at radius 2 is 1.70 bits per heavy atom. The fourth-order valence-corrected chi connectivity index (χ4v) is 3.11. The smallest absolute Gasteiger partial charge is 0.328 e. The van der Waals surface area contributed by atoms with E-state index >= 15 is 0 Å². The molecule has 0 aliphatic heterocycles. The largest absolute Gasteiger partial charge is 0.493 e. The van der Waals surface area contributed by atoms with Gasteiger partial charge in [-0.15, -0.1) is 0 Å². The van der Waals surface area contributed by atoms with Gasteiger partial charge in [-0.1, -0.05) is 54.0 Å². The highest BCUT2D eigenvalue weighted by Gasteiger charge is 2.48. The first-order valence-electron chi connectivity index (χ1n) is 10.1. The Hall–Kier alpha value is -2.50. The van der Waals surface area contributed by atoms with Crippen LogP contribution in [-0.2, 0) is 14.3 Å². The molecule has 0 heterocycles. The molecular formula is C24H36O6. The molecule has 0 aromatic heterocycles. The molecule has 6 heteroatoms. The van der Waals surface area contributed by atoms with E-state index in [4.69, 9.17) is 19.3 Å². The normalized spacial score (nSPS) is 14.3. The average Bonchev–Trinajstić information content (AvgIpc) is 2.65. The Bertz CT molecular complexity index is 772. The Balaban J connectivity index is 2.90. The Morgan fingerprint density at radius 1 is 1.07 bits per heavy atom. The highest BCUT2D eigenvalue weighted by Crippen LogP contribution is 2.48. The summed E-state index contributed by atoms with van der Waals surface area (Å²) < 4.78 is 16.5. The van der Waals surface area contributed by atoms with E-state index in [2.05, 4.69) is 20.8 Å². The highest BCUT2D eigenvalue weighted by atomic mass is 16.7. The van der Waals surface area contributed by atoms with Gasteiger partial charge in [0.25, 0.3) is 0 Å². The summed E-state index contributed by atoms with van der Waals surface area (Å²) in [6, 6.07) is 5.00. The molecule has 0 radical (unpaired) electrons. The standard InChI is InChI=1S/C24H36O6/c1-9-23(5,6)15-24(7,22(2,3)4)21(27)30-16-29-18-12-10-17(11-13-20(25)26)14-19(18)28-8/h10-14H,9,15-16H2,1-8H3,(H,25,26)/b13-11+. The predicted octanol–water partition coefficient (Wildman–Crippen LogP) is 5.55. The van der Waals surface area contributed by atoms with Crippen LogP contribution in [0, 0.1) is 16.2 Å². The maximum absolute atomic E-state index is 13.1. The molecule has 0 fully saturated rings. The second-order valence-electron chi connectivity index (χ2n) is 9.55. The van der Waals surface area contributed by atoms with Crippen molar-refractivity contribution in [3.8, 4) is 11.5 Å². The molecule has 1 rings (SSSR count). The van der Waals surface area contributed by atoms with Crippen LogP contribution in [0.5, 0.6) is 11.5 Å². The van der Waals surface area contributed by atoms with Crippen LogP contribution >= 0.6 is 0 Å². The van der Waals surface area contributed by atoms with E-state index in [1.54, 1.807) is 18.2 Å². The first kappa shape index (κ1) is 25.5. The van der Waals surface area contributed by atoms with Crippen molar-refractivity contribution in [2.45, 2.75) is 61.3 Å². The van der Waals surface area contributed by atoms with Gasteiger partial charge in [0.2, 0.25) is 6.79 Å². The summed E-state index contributed by atoms with van der Waals surface area (Å²) in [5.74, 6) is -0.501. The number of carbonyl (C=O) groups excluding carboxylic acids is 1. The molecule has 168 valence electrons. The summed E-state index contributed by atoms with van der Waals surface area (Å²) in [5, 5.41) is 8.74. The molecule has 0 amide bonds. The average molecular weight is 421 g/mol. The molecule has 1 aromatic rings. The van der Waals surface area contributed by atoms with Gasteiger partial charge < -0.3 is 19.3 Å². The minimum atomic E-state index is -1.03. The van der Waals surface area contributed by atoms with E-state index in [0.29, 0.717) is 23.5 Å². The van der Waals surface area contributed by atoms with Gasteiger partial charge in [-0.3, -0.25) is 4.79 Å². The molecule has 0 aliphatic carbocycles. The summed E-state index contributed by atoms with van der Waals surface area (Å²) >= 11 is 0. The van der Waals surface area contributed by atoms with Crippen molar-refractivity contribution in [1.29, 1.82) is 0 Å². The molecule has 1 N–H and O–H groups in total. The van der Waals surface area contributed by atoms with E-state index in [9.17, 15) is 9.59 Å². The number of esters is 1. The molecule has 0 saturated carbocycles. The monoisotopic (exact) mass is 420 g/mol. The number of carboxylic acids is 1. The number of methoxy groups -OCH3 is 1. The van der Waals surface area contributed by atoms with E-state index in [0.717, 1.165) is 12.5 Å². The number of hydrogen-bond donors (Lipinski definition) is 1. The van der Waals surface area contributed by atoms with Crippen LogP contribution in [-0.4, -0.2) is 30.9 Å². The van der Waals surface area contributed by atoms with Gasteiger partial charge in [0.05, 0.1) is 12.5 Å². The Kier molecular flexibility index (Phi) is 8.52. The van der Waals surface area contributed by atoms with Gasteiger partial charge in [-0.25, -0.2) is 4.79 Å². The zero-order valence-corrected chi connectivity index (χ0v) is 19.5. The lowest BCUT2D eigenvalue weighted by molar-refractivity contribution is -0.171. The topological polar surface area (TPSA) is 82.1 Å². The van der Waals surface area contributed by atoms with Crippen LogP contribution in [0.25, 0.3) is 6.08 Å². The first-order valence-corrected chi connectivity index (χ1v) is 10.1. The number of ether oxygens (including phenoxy) is 3. The SMILES string of the molecule is CCC(C)(C)CC(C)(C(=O)OCOc1ccc(/C=C/C(=O)O)cc1OC)C(C)(C)C. The van der Waals surface area contributed by atoms with Gasteiger partial charge in [0.1, 0.15) is 0 Å². The van der Waals surface area contributed by atoms with Crippen molar-refractivity contribution in [1.82, 2.24) is 0 Å². The third-order valence-corrected chi connectivity index (χ3v) is 5.91. The minimum Gasteiger partial charge on any atom is -0.493 e. The number of carboxylic acid groups (broad SMARTS) is 1. The second-order valence-corrected chi connectivity index (χ2v) is 9.55. The van der Waals surface area contributed by atoms with E-state index < -0.39 is 11.4 Å². The van der Waals surface area contributed by atoms with Crippen LogP contribution in [0.15, 0.2) is 24.3 Å². The maximum atomic E-state index is 13.1. The molecule has 0 spiro atoms. The summed E-state index contributed by atoms with van der Waals surface area (Å²) in [6.07, 6.45) is 4.16. The van der Waals surface area contributed by atoms with Gasteiger partial charge >= 0.3 is 11.9 Å². The molecule has 30 heavy (non-hydrogen) atoms. The van der Waals surface area contributed by atoms with Crippen LogP contribution in [0.3, 0.4) is 0 Å². The van der Waals surface area contributed by atoms with E-state index in [-0.39, 0.29) is 23.6 Å². The molecule has 0 aliphatic rings. The second kappa shape index (κ2) is 10.0. The van der Waals surface area contributed by atoms with Gasteiger partial charge in [-0.05, 0) is 47.9 Å². The lowest BCUT2D eigenvalue weighted by Gasteiger charge is -2.44. The summed E-state index contributed by atoms with van der Waals surface area (Å²) in [7, 11) is 1.49. The molecule has 6 nitrogen and oxygen atoms in total. The lowest BCUT2D eigenvalue weighted by Crippen LogP contribution is -2.45. The highest BCUT2D eigenvalue weighted by molar-refractivity contribution is 5.85. The van der Waals surface area contributed by atoms with Crippen molar-refractivity contribution < 1.29 is 28.9 Å². The minimum absolute atomic E-state index is 0.00439.